The zero-order valence-electron chi connectivity index (χ0n) is 13.1. The second kappa shape index (κ2) is 5.93. The first kappa shape index (κ1) is 15.0. The maximum absolute atomic E-state index is 2.85. The van der Waals surface area contributed by atoms with E-state index in [4.69, 9.17) is 0 Å². The van der Waals surface area contributed by atoms with Gasteiger partial charge in [-0.3, -0.25) is 0 Å². The second-order valence-electron chi connectivity index (χ2n) is 8.10. The molecule has 2 bridgehead atoms. The van der Waals surface area contributed by atoms with Gasteiger partial charge in [0.05, 0.1) is 0 Å². The minimum atomic E-state index is -1.81. The molecule has 2 rings (SSSR count). The molecule has 0 radical (unpaired) electrons. The number of allylic oxidation sites excluding steroid dienone is 1. The summed E-state index contributed by atoms with van der Waals surface area (Å²) < 4.78 is 2.85. The zero-order valence-corrected chi connectivity index (χ0v) is 16.0. The Balaban J connectivity index is 2.39. The van der Waals surface area contributed by atoms with E-state index >= 15 is 0 Å². The molecule has 0 saturated carbocycles. The van der Waals surface area contributed by atoms with Crippen LogP contribution in [0.15, 0.2) is 9.56 Å². The van der Waals surface area contributed by atoms with E-state index in [1.54, 1.807) is 0 Å². The summed E-state index contributed by atoms with van der Waals surface area (Å²) in [7, 11) is 0. The van der Waals surface area contributed by atoms with Gasteiger partial charge in [0.25, 0.3) is 0 Å². The van der Waals surface area contributed by atoms with E-state index in [9.17, 15) is 0 Å². The van der Waals surface area contributed by atoms with Crippen molar-refractivity contribution in [2.75, 3.05) is 0 Å². The molecule has 0 atom stereocenters. The molecule has 0 nitrogen and oxygen atoms in total. The Labute approximate surface area is 119 Å². The van der Waals surface area contributed by atoms with Crippen LogP contribution in [0.4, 0.5) is 0 Å². The molecule has 2 heteroatoms. The Bertz CT molecular complexity index is 304. The SMILES string of the molecule is CC(C)B1/C(=[CH]\[Sn]([CH3])([CH3])[CH3])C2CCCC1CCC2. The fraction of sp³-hybridized carbons (Fsp3) is 0.875. The van der Waals surface area contributed by atoms with Crippen molar-refractivity contribution in [2.45, 2.75) is 78.8 Å². The van der Waals surface area contributed by atoms with Crippen LogP contribution < -0.4 is 0 Å². The molecule has 0 amide bonds. The molecule has 0 aromatic heterocycles. The number of hydrogen-bond acceptors (Lipinski definition) is 0. The van der Waals surface area contributed by atoms with Crippen LogP contribution in [0.1, 0.15) is 52.4 Å². The number of rotatable bonds is 2. The van der Waals surface area contributed by atoms with Crippen LogP contribution in [0.2, 0.25) is 26.5 Å². The summed E-state index contributed by atoms with van der Waals surface area (Å²) in [4.78, 5) is 7.73. The third kappa shape index (κ3) is 3.58. The van der Waals surface area contributed by atoms with Gasteiger partial charge in [-0.15, -0.1) is 0 Å². The van der Waals surface area contributed by atoms with E-state index in [0.29, 0.717) is 0 Å². The van der Waals surface area contributed by atoms with E-state index in [2.05, 4.69) is 32.8 Å². The molecule has 18 heavy (non-hydrogen) atoms. The average Bonchev–Trinajstić information content (AvgIpc) is 2.41. The topological polar surface area (TPSA) is 0 Å². The predicted molar refractivity (Wildman–Crippen MR) is 87.2 cm³/mol. The van der Waals surface area contributed by atoms with Crippen molar-refractivity contribution in [2.24, 2.45) is 5.92 Å². The maximum atomic E-state index is 2.85. The third-order valence-electron chi connectivity index (χ3n) is 4.94. The molecule has 0 aliphatic carbocycles. The first-order chi connectivity index (χ1) is 8.38. The Morgan fingerprint density at radius 3 is 2.06 bits per heavy atom. The monoisotopic (exact) mass is 354 g/mol. The fourth-order valence-corrected chi connectivity index (χ4v) is 8.50. The van der Waals surface area contributed by atoms with Crippen molar-refractivity contribution >= 4 is 25.1 Å². The van der Waals surface area contributed by atoms with E-state index in [0.717, 1.165) is 24.3 Å². The van der Waals surface area contributed by atoms with E-state index < -0.39 is 18.4 Å². The molecule has 0 spiro atoms. The van der Waals surface area contributed by atoms with Gasteiger partial charge in [0, 0.05) is 0 Å². The van der Waals surface area contributed by atoms with E-state index in [-0.39, 0.29) is 0 Å². The third-order valence-corrected chi connectivity index (χ3v) is 8.36. The molecular formula is C16H31BSn. The van der Waals surface area contributed by atoms with Crippen molar-refractivity contribution in [1.82, 2.24) is 0 Å². The first-order valence-electron chi connectivity index (χ1n) is 8.11. The van der Waals surface area contributed by atoms with Crippen LogP contribution in [-0.2, 0) is 0 Å². The van der Waals surface area contributed by atoms with Crippen molar-refractivity contribution in [3.63, 3.8) is 0 Å². The Kier molecular flexibility index (Phi) is 4.94. The van der Waals surface area contributed by atoms with Crippen LogP contribution in [0, 0.1) is 5.92 Å². The van der Waals surface area contributed by atoms with Crippen LogP contribution in [0.3, 0.4) is 0 Å². The Hall–Kier alpha value is 0.604. The van der Waals surface area contributed by atoms with Crippen molar-refractivity contribution in [3.05, 3.63) is 9.56 Å². The van der Waals surface area contributed by atoms with Crippen LogP contribution in [0.5, 0.6) is 0 Å². The summed E-state index contributed by atoms with van der Waals surface area (Å²) in [5, 5.41) is 0. The molecule has 0 aromatic carbocycles. The van der Waals surface area contributed by atoms with Gasteiger partial charge in [0.2, 0.25) is 0 Å². The summed E-state index contributed by atoms with van der Waals surface area (Å²) in [6.45, 7) is 5.87. The molecule has 2 aliphatic heterocycles. The number of fused-ring (bicyclic) bond motifs is 3. The summed E-state index contributed by atoms with van der Waals surface area (Å²) in [6.07, 6.45) is 9.00. The van der Waals surface area contributed by atoms with Gasteiger partial charge in [-0.25, -0.2) is 0 Å². The summed E-state index contributed by atoms with van der Waals surface area (Å²) in [5.41, 5.74) is 1.94. The standard InChI is InChI=1S/C13H22B.3CH3.Sn/c1-10(2)14-11(3)12-6-4-8-13(14)9-5-7-12;;;;/h3,10,12-13H,4-9H2,1-2H3;3*1H3;. The van der Waals surface area contributed by atoms with Gasteiger partial charge >= 0.3 is 119 Å². The molecular weight excluding hydrogens is 322 g/mol. The number of hydrogen-bond donors (Lipinski definition) is 0. The zero-order chi connectivity index (χ0) is 13.3. The molecule has 0 unspecified atom stereocenters. The van der Waals surface area contributed by atoms with Gasteiger partial charge in [0.1, 0.15) is 0 Å². The predicted octanol–water partition coefficient (Wildman–Crippen LogP) is 5.59. The van der Waals surface area contributed by atoms with Gasteiger partial charge < -0.3 is 0 Å². The average molecular weight is 353 g/mol. The van der Waals surface area contributed by atoms with Gasteiger partial charge in [-0.1, -0.05) is 0 Å². The van der Waals surface area contributed by atoms with Crippen LogP contribution >= 0.6 is 0 Å². The van der Waals surface area contributed by atoms with E-state index in [1.165, 1.54) is 38.5 Å². The van der Waals surface area contributed by atoms with Gasteiger partial charge in [-0.05, 0) is 0 Å². The summed E-state index contributed by atoms with van der Waals surface area (Å²) >= 11 is -1.81. The molecule has 102 valence electrons. The van der Waals surface area contributed by atoms with Crippen molar-refractivity contribution in [3.8, 4) is 0 Å². The molecule has 2 heterocycles. The molecule has 2 aliphatic rings. The molecule has 0 aromatic rings. The van der Waals surface area contributed by atoms with Crippen LogP contribution in [0.25, 0.3) is 0 Å². The Morgan fingerprint density at radius 2 is 1.61 bits per heavy atom. The summed E-state index contributed by atoms with van der Waals surface area (Å²) in [6, 6.07) is 0. The molecule has 2 saturated heterocycles. The fourth-order valence-electron chi connectivity index (χ4n) is 4.42. The normalized spacial score (nSPS) is 31.9. The minimum absolute atomic E-state index is 0.855. The van der Waals surface area contributed by atoms with Gasteiger partial charge in [0.15, 0.2) is 0 Å². The van der Waals surface area contributed by atoms with Crippen LogP contribution in [-0.4, -0.2) is 25.1 Å². The molecule has 2 fully saturated rings. The Morgan fingerprint density at radius 1 is 1.06 bits per heavy atom. The quantitative estimate of drug-likeness (QED) is 0.568. The summed E-state index contributed by atoms with van der Waals surface area (Å²) in [5.74, 6) is 2.83. The van der Waals surface area contributed by atoms with Crippen molar-refractivity contribution in [1.29, 1.82) is 0 Å². The van der Waals surface area contributed by atoms with E-state index in [1.807, 2.05) is 5.47 Å². The van der Waals surface area contributed by atoms with Gasteiger partial charge in [-0.2, -0.15) is 0 Å². The second-order valence-corrected chi connectivity index (χ2v) is 22.4. The first-order valence-corrected chi connectivity index (χ1v) is 18.3. The molecule has 0 N–H and O–H groups in total. The van der Waals surface area contributed by atoms with Crippen molar-refractivity contribution < 1.29 is 0 Å².